The molecule has 0 atom stereocenters. The lowest BCUT2D eigenvalue weighted by molar-refractivity contribution is 0.557. The van der Waals surface area contributed by atoms with E-state index in [1.807, 2.05) is 37.3 Å². The number of nitriles is 1. The number of hydrogen-bond donors (Lipinski definition) is 1. The highest BCUT2D eigenvalue weighted by atomic mass is 16.3. The van der Waals surface area contributed by atoms with E-state index in [0.29, 0.717) is 11.4 Å². The van der Waals surface area contributed by atoms with Crippen molar-refractivity contribution in [1.82, 2.24) is 9.97 Å². The van der Waals surface area contributed by atoms with Gasteiger partial charge in [-0.25, -0.2) is 4.98 Å². The van der Waals surface area contributed by atoms with E-state index in [4.69, 9.17) is 4.42 Å². The minimum atomic E-state index is 0.478. The van der Waals surface area contributed by atoms with Gasteiger partial charge in [0.15, 0.2) is 0 Å². The molecule has 3 aromatic rings. The van der Waals surface area contributed by atoms with E-state index in [2.05, 4.69) is 16.0 Å². The zero-order valence-corrected chi connectivity index (χ0v) is 11.5. The third-order valence-electron chi connectivity index (χ3n) is 3.08. The Bertz CT molecular complexity index is 861. The predicted molar refractivity (Wildman–Crippen MR) is 82.2 cm³/mol. The molecule has 0 spiro atoms. The minimum Gasteiger partial charge on any atom is -0.465 e. The Balaban J connectivity index is 1.92. The molecule has 0 unspecified atom stereocenters. The van der Waals surface area contributed by atoms with Crippen LogP contribution >= 0.6 is 0 Å². The van der Waals surface area contributed by atoms with Crippen molar-refractivity contribution in [2.24, 2.45) is 0 Å². The van der Waals surface area contributed by atoms with Crippen molar-refractivity contribution >= 4 is 22.7 Å². The summed E-state index contributed by atoms with van der Waals surface area (Å²) in [5.74, 6) is 1.31. The molecule has 3 rings (SSSR count). The molecule has 0 aliphatic heterocycles. The number of imidazole rings is 1. The second-order valence-electron chi connectivity index (χ2n) is 4.67. The van der Waals surface area contributed by atoms with Gasteiger partial charge in [-0.3, -0.25) is 0 Å². The smallest absolute Gasteiger partial charge is 0.149 e. The number of benzene rings is 1. The fourth-order valence-electron chi connectivity index (χ4n) is 2.05. The lowest BCUT2D eigenvalue weighted by Gasteiger charge is -1.90. The molecule has 2 heterocycles. The molecule has 0 saturated carbocycles. The van der Waals surface area contributed by atoms with Gasteiger partial charge in [0, 0.05) is 0 Å². The summed E-state index contributed by atoms with van der Waals surface area (Å²) in [5, 5.41) is 9.28. The molecule has 102 valence electrons. The van der Waals surface area contributed by atoms with Crippen molar-refractivity contribution in [1.29, 1.82) is 5.26 Å². The number of aryl methyl sites for hydroxylation is 1. The largest absolute Gasteiger partial charge is 0.465 e. The van der Waals surface area contributed by atoms with Crippen LogP contribution in [-0.2, 0) is 0 Å². The van der Waals surface area contributed by atoms with E-state index in [1.54, 1.807) is 24.5 Å². The zero-order chi connectivity index (χ0) is 14.7. The molecule has 2 aromatic heterocycles. The van der Waals surface area contributed by atoms with Crippen LogP contribution in [0.4, 0.5) is 0 Å². The number of allylic oxidation sites excluding steroid dienone is 3. The highest BCUT2D eigenvalue weighted by Crippen LogP contribution is 2.18. The van der Waals surface area contributed by atoms with E-state index in [1.165, 1.54) is 0 Å². The Morgan fingerprint density at radius 2 is 2.29 bits per heavy atom. The van der Waals surface area contributed by atoms with Crippen molar-refractivity contribution in [2.45, 2.75) is 6.92 Å². The van der Waals surface area contributed by atoms with Gasteiger partial charge in [-0.15, -0.1) is 0 Å². The number of fused-ring (bicyclic) bond motifs is 1. The van der Waals surface area contributed by atoms with Crippen molar-refractivity contribution in [3.63, 3.8) is 0 Å². The van der Waals surface area contributed by atoms with E-state index in [0.717, 1.165) is 22.4 Å². The predicted octanol–water partition coefficient (Wildman–Crippen LogP) is 4.08. The molecule has 21 heavy (non-hydrogen) atoms. The fourth-order valence-corrected chi connectivity index (χ4v) is 2.05. The lowest BCUT2D eigenvalue weighted by atomic mass is 10.2. The molecule has 0 fully saturated rings. The quantitative estimate of drug-likeness (QED) is 0.578. The standard InChI is InChI=1S/C17H13N3O/c1-12-7-8-15-16(10-12)20-17(19-15)13(11-18)4-2-5-14-6-3-9-21-14/h2-10H,1H3,(H,19,20). The first-order chi connectivity index (χ1) is 10.3. The number of H-pyrrole nitrogens is 1. The third-order valence-corrected chi connectivity index (χ3v) is 3.08. The summed E-state index contributed by atoms with van der Waals surface area (Å²) in [5.41, 5.74) is 3.41. The Labute approximate surface area is 122 Å². The molecule has 0 saturated heterocycles. The molecule has 0 bridgehead atoms. The summed E-state index contributed by atoms with van der Waals surface area (Å²) in [6, 6.07) is 11.8. The summed E-state index contributed by atoms with van der Waals surface area (Å²) in [6.45, 7) is 2.02. The highest BCUT2D eigenvalue weighted by molar-refractivity contribution is 5.83. The van der Waals surface area contributed by atoms with Gasteiger partial charge in [-0.1, -0.05) is 12.1 Å². The molecule has 0 radical (unpaired) electrons. The van der Waals surface area contributed by atoms with Crippen LogP contribution in [0.3, 0.4) is 0 Å². The molecular formula is C17H13N3O. The molecule has 4 nitrogen and oxygen atoms in total. The molecular weight excluding hydrogens is 262 g/mol. The first kappa shape index (κ1) is 12.9. The second-order valence-corrected chi connectivity index (χ2v) is 4.67. The zero-order valence-electron chi connectivity index (χ0n) is 11.5. The van der Waals surface area contributed by atoms with Crippen molar-refractivity contribution in [2.75, 3.05) is 0 Å². The SMILES string of the molecule is Cc1ccc2nc(C(C#N)=CC=Cc3ccco3)[nH]c2c1. The summed E-state index contributed by atoms with van der Waals surface area (Å²) >= 11 is 0. The van der Waals surface area contributed by atoms with Crippen molar-refractivity contribution in [3.8, 4) is 6.07 Å². The molecule has 1 N–H and O–H groups in total. The van der Waals surface area contributed by atoms with E-state index in [-0.39, 0.29) is 0 Å². The van der Waals surface area contributed by atoms with Crippen LogP contribution in [0.5, 0.6) is 0 Å². The van der Waals surface area contributed by atoms with Gasteiger partial charge in [0.05, 0.1) is 22.9 Å². The maximum Gasteiger partial charge on any atom is 0.149 e. The minimum absolute atomic E-state index is 0.478. The van der Waals surface area contributed by atoms with Crippen LogP contribution in [0.15, 0.2) is 53.2 Å². The van der Waals surface area contributed by atoms with Gasteiger partial charge < -0.3 is 9.40 Å². The number of rotatable bonds is 3. The monoisotopic (exact) mass is 275 g/mol. The maximum absolute atomic E-state index is 9.28. The van der Waals surface area contributed by atoms with E-state index < -0.39 is 0 Å². The first-order valence-electron chi connectivity index (χ1n) is 6.55. The van der Waals surface area contributed by atoms with Crippen LogP contribution < -0.4 is 0 Å². The third kappa shape index (κ3) is 2.77. The Kier molecular flexibility index (Phi) is 3.40. The average Bonchev–Trinajstić information content (AvgIpc) is 3.12. The first-order valence-corrected chi connectivity index (χ1v) is 6.55. The molecule has 1 aromatic carbocycles. The number of furan rings is 1. The van der Waals surface area contributed by atoms with Crippen LogP contribution in [-0.4, -0.2) is 9.97 Å². The van der Waals surface area contributed by atoms with Gasteiger partial charge in [0.1, 0.15) is 17.7 Å². The van der Waals surface area contributed by atoms with Gasteiger partial charge >= 0.3 is 0 Å². The normalized spacial score (nSPS) is 12.1. The van der Waals surface area contributed by atoms with Gasteiger partial charge in [-0.05, 0) is 48.9 Å². The molecule has 0 aliphatic rings. The van der Waals surface area contributed by atoms with Gasteiger partial charge in [0.25, 0.3) is 0 Å². The van der Waals surface area contributed by atoms with Crippen LogP contribution in [0, 0.1) is 18.3 Å². The van der Waals surface area contributed by atoms with E-state index in [9.17, 15) is 5.26 Å². The summed E-state index contributed by atoms with van der Waals surface area (Å²) < 4.78 is 5.19. The van der Waals surface area contributed by atoms with Gasteiger partial charge in [-0.2, -0.15) is 5.26 Å². The van der Waals surface area contributed by atoms with Crippen molar-refractivity contribution in [3.05, 3.63) is 65.9 Å². The molecule has 0 aliphatic carbocycles. The number of nitrogens with zero attached hydrogens (tertiary/aromatic N) is 2. The number of nitrogens with one attached hydrogen (secondary N) is 1. The Morgan fingerprint density at radius 3 is 3.05 bits per heavy atom. The van der Waals surface area contributed by atoms with Gasteiger partial charge in [0.2, 0.25) is 0 Å². The maximum atomic E-state index is 9.28. The number of aromatic nitrogens is 2. The second kappa shape index (κ2) is 5.51. The van der Waals surface area contributed by atoms with Crippen LogP contribution in [0.25, 0.3) is 22.7 Å². The summed E-state index contributed by atoms with van der Waals surface area (Å²) in [7, 11) is 0. The average molecular weight is 275 g/mol. The number of aromatic amines is 1. The topological polar surface area (TPSA) is 65.6 Å². The Hall–Kier alpha value is -3.06. The molecule has 0 amide bonds. The lowest BCUT2D eigenvalue weighted by Crippen LogP contribution is -1.83. The van der Waals surface area contributed by atoms with Crippen molar-refractivity contribution < 1.29 is 4.42 Å². The summed E-state index contributed by atoms with van der Waals surface area (Å²) in [6.07, 6.45) is 6.89. The molecule has 4 heteroatoms. The summed E-state index contributed by atoms with van der Waals surface area (Å²) in [4.78, 5) is 7.61. The highest BCUT2D eigenvalue weighted by Gasteiger charge is 2.06. The van der Waals surface area contributed by atoms with E-state index >= 15 is 0 Å². The van der Waals surface area contributed by atoms with Crippen LogP contribution in [0.1, 0.15) is 17.1 Å². The Morgan fingerprint density at radius 1 is 1.38 bits per heavy atom. The fraction of sp³-hybridized carbons (Fsp3) is 0.0588. The van der Waals surface area contributed by atoms with Crippen LogP contribution in [0.2, 0.25) is 0 Å². The number of hydrogen-bond acceptors (Lipinski definition) is 3.